The van der Waals surface area contributed by atoms with E-state index in [4.69, 9.17) is 14.2 Å². The second-order valence-electron chi connectivity index (χ2n) is 14.9. The number of hydrogen-bond donors (Lipinski definition) is 0. The highest BCUT2D eigenvalue weighted by molar-refractivity contribution is 5.71. The zero-order valence-corrected chi connectivity index (χ0v) is 36.4. The maximum absolute atomic E-state index is 12.7. The Morgan fingerprint density at radius 2 is 0.732 bits per heavy atom. The van der Waals surface area contributed by atoms with Gasteiger partial charge < -0.3 is 14.2 Å². The molecule has 0 radical (unpaired) electrons. The Morgan fingerprint density at radius 3 is 1.25 bits per heavy atom. The van der Waals surface area contributed by atoms with Crippen LogP contribution in [0.25, 0.3) is 0 Å². The lowest BCUT2D eigenvalue weighted by Crippen LogP contribution is -2.30. The molecule has 0 aliphatic rings. The number of carbonyl (C=O) groups excluding carboxylic acids is 3. The average molecular weight is 781 g/mol. The van der Waals surface area contributed by atoms with E-state index >= 15 is 0 Å². The third-order valence-corrected chi connectivity index (χ3v) is 9.43. The van der Waals surface area contributed by atoms with Crippen LogP contribution in [0.5, 0.6) is 0 Å². The van der Waals surface area contributed by atoms with Crippen LogP contribution in [-0.2, 0) is 28.6 Å². The van der Waals surface area contributed by atoms with Crippen molar-refractivity contribution in [3.05, 3.63) is 72.9 Å². The van der Waals surface area contributed by atoms with Gasteiger partial charge in [0.2, 0.25) is 0 Å². The second-order valence-corrected chi connectivity index (χ2v) is 14.9. The van der Waals surface area contributed by atoms with Crippen LogP contribution in [0.3, 0.4) is 0 Å². The predicted molar refractivity (Wildman–Crippen MR) is 238 cm³/mol. The Bertz CT molecular complexity index is 1080. The van der Waals surface area contributed by atoms with Crippen molar-refractivity contribution < 1.29 is 28.6 Å². The fourth-order valence-corrected chi connectivity index (χ4v) is 5.97. The molecule has 0 aliphatic heterocycles. The van der Waals surface area contributed by atoms with Crippen molar-refractivity contribution in [1.29, 1.82) is 0 Å². The molecule has 0 spiro atoms. The zero-order chi connectivity index (χ0) is 40.8. The lowest BCUT2D eigenvalue weighted by molar-refractivity contribution is -0.166. The first kappa shape index (κ1) is 52.9. The van der Waals surface area contributed by atoms with Crippen LogP contribution < -0.4 is 0 Å². The molecule has 0 aliphatic carbocycles. The summed E-state index contributed by atoms with van der Waals surface area (Å²) in [7, 11) is 0. The van der Waals surface area contributed by atoms with Gasteiger partial charge in [0.05, 0.1) is 0 Å². The number of esters is 3. The number of carbonyl (C=O) groups is 3. The van der Waals surface area contributed by atoms with Gasteiger partial charge in [-0.05, 0) is 96.3 Å². The third kappa shape index (κ3) is 42.0. The molecule has 0 saturated heterocycles. The number of ether oxygens (including phenoxy) is 3. The summed E-state index contributed by atoms with van der Waals surface area (Å²) in [5, 5.41) is 0. The number of hydrogen-bond acceptors (Lipinski definition) is 6. The van der Waals surface area contributed by atoms with Crippen LogP contribution in [0, 0.1) is 0 Å². The molecule has 0 rings (SSSR count). The average Bonchev–Trinajstić information content (AvgIpc) is 3.19. The van der Waals surface area contributed by atoms with Gasteiger partial charge in [0.1, 0.15) is 13.2 Å². The van der Waals surface area contributed by atoms with Crippen LogP contribution in [0.2, 0.25) is 0 Å². The van der Waals surface area contributed by atoms with Crippen molar-refractivity contribution in [3.63, 3.8) is 0 Å². The number of rotatable bonds is 40. The molecule has 0 bridgehead atoms. The minimum Gasteiger partial charge on any atom is -0.462 e. The van der Waals surface area contributed by atoms with Crippen LogP contribution in [0.4, 0.5) is 0 Å². The van der Waals surface area contributed by atoms with Gasteiger partial charge in [0.15, 0.2) is 6.10 Å². The molecule has 56 heavy (non-hydrogen) atoms. The third-order valence-electron chi connectivity index (χ3n) is 9.43. The fourth-order valence-electron chi connectivity index (χ4n) is 5.97. The summed E-state index contributed by atoms with van der Waals surface area (Å²) in [5.74, 6) is -1.05. The Morgan fingerprint density at radius 1 is 0.375 bits per heavy atom. The molecule has 6 nitrogen and oxygen atoms in total. The molecule has 1 atom stereocenters. The highest BCUT2D eigenvalue weighted by Crippen LogP contribution is 2.11. The first-order valence-electron chi connectivity index (χ1n) is 22.9. The maximum atomic E-state index is 12.7. The molecule has 0 heterocycles. The minimum absolute atomic E-state index is 0.119. The van der Waals surface area contributed by atoms with Gasteiger partial charge in [0, 0.05) is 19.3 Å². The monoisotopic (exact) mass is 781 g/mol. The summed E-state index contributed by atoms with van der Waals surface area (Å²) >= 11 is 0. The van der Waals surface area contributed by atoms with Crippen molar-refractivity contribution in [1.82, 2.24) is 0 Å². The first-order chi connectivity index (χ1) is 27.5. The Hall–Kier alpha value is -3.15. The van der Waals surface area contributed by atoms with E-state index in [1.807, 2.05) is 6.08 Å². The molecule has 0 N–H and O–H groups in total. The minimum atomic E-state index is -0.818. The van der Waals surface area contributed by atoms with E-state index in [0.717, 1.165) is 83.5 Å². The highest BCUT2D eigenvalue weighted by atomic mass is 16.6. The first-order valence-corrected chi connectivity index (χ1v) is 22.9. The Balaban J connectivity index is 4.54. The molecule has 0 aromatic carbocycles. The summed E-state index contributed by atoms with van der Waals surface area (Å²) in [5.41, 5.74) is 0. The van der Waals surface area contributed by atoms with E-state index in [2.05, 4.69) is 87.6 Å². The summed E-state index contributed by atoms with van der Waals surface area (Å²) in [6.45, 7) is 6.38. The lowest BCUT2D eigenvalue weighted by atomic mass is 10.1. The molecule has 0 amide bonds. The van der Waals surface area contributed by atoms with Gasteiger partial charge >= 0.3 is 17.9 Å². The fraction of sp³-hybridized carbons (Fsp3) is 0.700. The highest BCUT2D eigenvalue weighted by Gasteiger charge is 2.19. The van der Waals surface area contributed by atoms with Crippen LogP contribution in [-0.4, -0.2) is 37.2 Å². The standard InChI is InChI=1S/C50H84O6/c1-4-7-10-13-16-19-22-25-28-31-34-37-40-43-49(52)55-46-47(45-54-48(51)42-39-36-33-30-27-24-21-18-15-12-9-6-3)56-50(53)44-41-38-35-32-29-26-23-20-17-14-11-8-5-2/h9,12,18,21,25-30,34,37,47H,4-8,10-11,13-17,19-20,22-24,31-33,35-36,38-46H2,1-3H3/b12-9-,21-18-,28-25-,29-26-,30-27-,37-34-. The van der Waals surface area contributed by atoms with Crippen molar-refractivity contribution in [3.8, 4) is 0 Å². The van der Waals surface area contributed by atoms with E-state index in [1.54, 1.807) is 0 Å². The lowest BCUT2D eigenvalue weighted by Gasteiger charge is -2.18. The summed E-state index contributed by atoms with van der Waals surface area (Å²) in [6.07, 6.45) is 54.7. The van der Waals surface area contributed by atoms with Gasteiger partial charge in [0.25, 0.3) is 0 Å². The molecule has 0 aromatic rings. The van der Waals surface area contributed by atoms with Gasteiger partial charge in [-0.1, -0.05) is 164 Å². The summed E-state index contributed by atoms with van der Waals surface area (Å²) in [4.78, 5) is 37.7. The zero-order valence-electron chi connectivity index (χ0n) is 36.4. The summed E-state index contributed by atoms with van der Waals surface area (Å²) in [6, 6.07) is 0. The molecular formula is C50H84O6. The van der Waals surface area contributed by atoms with E-state index < -0.39 is 6.10 Å². The number of unbranched alkanes of at least 4 members (excludes halogenated alkanes) is 17. The van der Waals surface area contributed by atoms with Gasteiger partial charge in [-0.2, -0.15) is 0 Å². The van der Waals surface area contributed by atoms with E-state index in [1.165, 1.54) is 77.0 Å². The second kappa shape index (κ2) is 44.6. The molecule has 1 unspecified atom stereocenters. The van der Waals surface area contributed by atoms with Crippen LogP contribution in [0.1, 0.15) is 207 Å². The number of allylic oxidation sites excluding steroid dienone is 12. The van der Waals surface area contributed by atoms with E-state index in [0.29, 0.717) is 12.8 Å². The van der Waals surface area contributed by atoms with Crippen LogP contribution in [0.15, 0.2) is 72.9 Å². The normalized spacial score (nSPS) is 12.7. The van der Waals surface area contributed by atoms with Gasteiger partial charge in [-0.15, -0.1) is 0 Å². The van der Waals surface area contributed by atoms with Crippen molar-refractivity contribution in [2.75, 3.05) is 13.2 Å². The predicted octanol–water partition coefficient (Wildman–Crippen LogP) is 14.7. The Kier molecular flexibility index (Phi) is 42.1. The van der Waals surface area contributed by atoms with Gasteiger partial charge in [-0.3, -0.25) is 14.4 Å². The van der Waals surface area contributed by atoms with Crippen molar-refractivity contribution in [2.45, 2.75) is 213 Å². The molecule has 320 valence electrons. The SMILES string of the molecule is CC/C=C\C/C=C\C/C=C\CCCCC(=O)OCC(COC(=O)CC/C=C\C/C=C\CCCCCCCC)OC(=O)CCCCC/C=C\CCCCCCCC. The van der Waals surface area contributed by atoms with Crippen LogP contribution >= 0.6 is 0 Å². The van der Waals surface area contributed by atoms with E-state index in [-0.39, 0.29) is 44.0 Å². The topological polar surface area (TPSA) is 78.9 Å². The Labute approximate surface area is 344 Å². The largest absolute Gasteiger partial charge is 0.462 e. The van der Waals surface area contributed by atoms with Gasteiger partial charge in [-0.25, -0.2) is 0 Å². The molecule has 0 aromatic heterocycles. The summed E-state index contributed by atoms with van der Waals surface area (Å²) < 4.78 is 16.6. The molecule has 0 saturated carbocycles. The quantitative estimate of drug-likeness (QED) is 0.0267. The van der Waals surface area contributed by atoms with Crippen molar-refractivity contribution >= 4 is 17.9 Å². The molecular weight excluding hydrogens is 697 g/mol. The molecule has 6 heteroatoms. The maximum Gasteiger partial charge on any atom is 0.306 e. The van der Waals surface area contributed by atoms with Crippen molar-refractivity contribution in [2.24, 2.45) is 0 Å². The van der Waals surface area contributed by atoms with E-state index in [9.17, 15) is 14.4 Å². The molecule has 0 fully saturated rings. The smallest absolute Gasteiger partial charge is 0.306 e.